The van der Waals surface area contributed by atoms with Gasteiger partial charge in [0.2, 0.25) is 12.4 Å². The van der Waals surface area contributed by atoms with Gasteiger partial charge in [-0.25, -0.2) is 9.48 Å². The highest BCUT2D eigenvalue weighted by molar-refractivity contribution is 5.92. The first-order valence-corrected chi connectivity index (χ1v) is 7.60. The van der Waals surface area contributed by atoms with E-state index in [-0.39, 0.29) is 17.9 Å². The fourth-order valence-electron chi connectivity index (χ4n) is 2.70. The molecule has 0 spiro atoms. The van der Waals surface area contributed by atoms with Crippen LogP contribution in [-0.2, 0) is 10.7 Å². The second-order valence-electron chi connectivity index (χ2n) is 5.54. The van der Waals surface area contributed by atoms with Gasteiger partial charge in [-0.2, -0.15) is 13.9 Å². The summed E-state index contributed by atoms with van der Waals surface area (Å²) in [6, 6.07) is 6.95. The zero-order valence-electron chi connectivity index (χ0n) is 13.6. The van der Waals surface area contributed by atoms with Crippen molar-refractivity contribution >= 4 is 16.7 Å². The molecule has 2 aromatic heterocycles. The Hall–Kier alpha value is -3.03. The Morgan fingerprint density at radius 2 is 2.08 bits per heavy atom. The van der Waals surface area contributed by atoms with Crippen LogP contribution in [0.4, 0.5) is 8.78 Å². The van der Waals surface area contributed by atoms with Crippen LogP contribution in [-0.4, -0.2) is 27.6 Å². The van der Waals surface area contributed by atoms with Crippen LogP contribution in [0.15, 0.2) is 42.9 Å². The number of aromatic nitrogens is 3. The van der Waals surface area contributed by atoms with Crippen molar-refractivity contribution in [2.45, 2.75) is 19.8 Å². The first-order valence-electron chi connectivity index (χ1n) is 7.60. The van der Waals surface area contributed by atoms with E-state index in [0.717, 1.165) is 15.6 Å². The number of hydrogen-bond donors (Lipinski definition) is 1. The Morgan fingerprint density at radius 3 is 2.76 bits per heavy atom. The van der Waals surface area contributed by atoms with Crippen LogP contribution in [0.1, 0.15) is 29.9 Å². The minimum atomic E-state index is -3.35. The quantitative estimate of drug-likeness (QED) is 0.447. The molecule has 3 aromatic rings. The molecule has 0 fully saturated rings. The topological polar surface area (TPSA) is 68.2 Å². The molecule has 0 radical (unpaired) electrons. The average Bonchev–Trinajstić information content (AvgIpc) is 2.99. The summed E-state index contributed by atoms with van der Waals surface area (Å²) in [5.74, 6) is -4.22. The number of benzene rings is 1. The maximum atomic E-state index is 14.3. The van der Waals surface area contributed by atoms with Gasteiger partial charge in [-0.1, -0.05) is 18.2 Å². The number of hydrogen-bond acceptors (Lipinski definition) is 4. The van der Waals surface area contributed by atoms with Crippen molar-refractivity contribution in [1.29, 1.82) is 0 Å². The number of halogens is 2. The van der Waals surface area contributed by atoms with E-state index in [1.807, 2.05) is 0 Å². The number of carbonyl (C=O) groups is 1. The summed E-state index contributed by atoms with van der Waals surface area (Å²) in [5, 5.41) is 15.0. The molecular weight excluding hydrogens is 332 g/mol. The van der Waals surface area contributed by atoms with Gasteiger partial charge in [0.15, 0.2) is 0 Å². The summed E-state index contributed by atoms with van der Waals surface area (Å²) < 4.78 is 35.1. The lowest BCUT2D eigenvalue weighted by Gasteiger charge is -2.15. The monoisotopic (exact) mass is 348 g/mol. The molecule has 1 aromatic carbocycles. The third-order valence-electron chi connectivity index (χ3n) is 3.67. The molecule has 0 saturated heterocycles. The number of alkyl halides is 2. The van der Waals surface area contributed by atoms with Crippen molar-refractivity contribution in [2.75, 3.05) is 6.61 Å². The third kappa shape index (κ3) is 3.02. The van der Waals surface area contributed by atoms with Crippen LogP contribution < -0.4 is 4.73 Å². The summed E-state index contributed by atoms with van der Waals surface area (Å²) >= 11 is 0. The zero-order chi connectivity index (χ0) is 18.2. The van der Waals surface area contributed by atoms with E-state index in [9.17, 15) is 18.8 Å². The molecule has 0 saturated carbocycles. The number of ether oxygens (including phenoxy) is 1. The van der Waals surface area contributed by atoms with Gasteiger partial charge in [0.1, 0.15) is 16.9 Å². The van der Waals surface area contributed by atoms with Gasteiger partial charge in [-0.15, -0.1) is 0 Å². The number of pyridine rings is 1. The maximum Gasteiger partial charge on any atom is 0.341 e. The molecular formula is C17H16F2N3O3+. The molecule has 3 rings (SSSR count). The molecule has 0 amide bonds. The third-order valence-corrected chi connectivity index (χ3v) is 3.67. The minimum Gasteiger partial charge on any atom is -0.462 e. The lowest BCUT2D eigenvalue weighted by molar-refractivity contribution is -0.903. The fraction of sp³-hybridized carbons (Fsp3) is 0.235. The van der Waals surface area contributed by atoms with Crippen molar-refractivity contribution in [3.05, 3.63) is 54.1 Å². The van der Waals surface area contributed by atoms with E-state index in [2.05, 4.69) is 5.10 Å². The van der Waals surface area contributed by atoms with E-state index < -0.39 is 17.6 Å². The molecule has 0 aliphatic carbocycles. The van der Waals surface area contributed by atoms with Gasteiger partial charge >= 0.3 is 5.97 Å². The molecule has 130 valence electrons. The summed E-state index contributed by atoms with van der Waals surface area (Å²) in [6.45, 7) is 2.33. The summed E-state index contributed by atoms with van der Waals surface area (Å²) in [7, 11) is 0. The normalized spacial score (nSPS) is 11.7. The highest BCUT2D eigenvalue weighted by Gasteiger charge is 2.37. The van der Waals surface area contributed by atoms with Crippen LogP contribution in [0.25, 0.3) is 16.5 Å². The van der Waals surface area contributed by atoms with Crippen LogP contribution >= 0.6 is 0 Å². The number of esters is 1. The predicted molar refractivity (Wildman–Crippen MR) is 84.0 cm³/mol. The highest BCUT2D eigenvalue weighted by Crippen LogP contribution is 2.33. The molecule has 0 atom stereocenters. The van der Waals surface area contributed by atoms with E-state index in [4.69, 9.17) is 4.74 Å². The SMILES string of the molecule is CCOC(=O)c1cnn(-c2c[n+](O)cc3ccccc23)c1C(C)(F)F. The van der Waals surface area contributed by atoms with Crippen molar-refractivity contribution < 1.29 is 28.2 Å². The molecule has 1 N–H and O–H groups in total. The van der Waals surface area contributed by atoms with Gasteiger partial charge in [-0.05, 0) is 13.0 Å². The standard InChI is InChI=1S/C17H16F2N3O3/c1-3-25-16(23)13-8-20-22(15(13)17(2,18)19)14-10-21(24)9-11-6-4-5-7-12(11)14/h4-10,24H,3H2,1-2H3/q+1. The van der Waals surface area contributed by atoms with Crippen molar-refractivity contribution in [3.8, 4) is 5.69 Å². The molecule has 0 aliphatic heterocycles. The molecule has 2 heterocycles. The number of fused-ring (bicyclic) bond motifs is 1. The summed E-state index contributed by atoms with van der Waals surface area (Å²) in [6.07, 6.45) is 3.74. The Bertz CT molecular complexity index is 948. The number of rotatable bonds is 4. The Kier molecular flexibility index (Phi) is 4.12. The van der Waals surface area contributed by atoms with Gasteiger partial charge in [-0.3, -0.25) is 5.21 Å². The molecule has 6 nitrogen and oxygen atoms in total. The molecule has 0 aliphatic rings. The minimum absolute atomic E-state index is 0.0592. The predicted octanol–water partition coefficient (Wildman–Crippen LogP) is 2.84. The second-order valence-corrected chi connectivity index (χ2v) is 5.54. The smallest absolute Gasteiger partial charge is 0.341 e. The van der Waals surface area contributed by atoms with Gasteiger partial charge in [0.25, 0.3) is 5.92 Å². The molecule has 8 heteroatoms. The Balaban J connectivity index is 2.30. The lowest BCUT2D eigenvalue weighted by atomic mass is 10.1. The van der Waals surface area contributed by atoms with E-state index >= 15 is 0 Å². The molecule has 0 unspecified atom stereocenters. The molecule has 25 heavy (non-hydrogen) atoms. The first kappa shape index (κ1) is 16.8. The summed E-state index contributed by atoms with van der Waals surface area (Å²) in [5.41, 5.74) is -0.693. The first-order chi connectivity index (χ1) is 11.8. The average molecular weight is 348 g/mol. The van der Waals surface area contributed by atoms with Crippen molar-refractivity contribution in [2.24, 2.45) is 0 Å². The van der Waals surface area contributed by atoms with Crippen LogP contribution in [0, 0.1) is 0 Å². The van der Waals surface area contributed by atoms with E-state index in [1.165, 1.54) is 12.4 Å². The van der Waals surface area contributed by atoms with Crippen LogP contribution in [0.2, 0.25) is 0 Å². The van der Waals surface area contributed by atoms with Crippen molar-refractivity contribution in [3.63, 3.8) is 0 Å². The Morgan fingerprint density at radius 1 is 1.36 bits per heavy atom. The summed E-state index contributed by atoms with van der Waals surface area (Å²) in [4.78, 5) is 12.0. The molecule has 0 bridgehead atoms. The van der Waals surface area contributed by atoms with Crippen LogP contribution in [0.5, 0.6) is 0 Å². The van der Waals surface area contributed by atoms with Gasteiger partial charge < -0.3 is 4.74 Å². The van der Waals surface area contributed by atoms with Crippen LogP contribution in [0.3, 0.4) is 0 Å². The number of carbonyl (C=O) groups excluding carboxylic acids is 1. The number of nitrogens with zero attached hydrogens (tertiary/aromatic N) is 3. The zero-order valence-corrected chi connectivity index (χ0v) is 13.6. The van der Waals surface area contributed by atoms with Gasteiger partial charge in [0, 0.05) is 17.0 Å². The van der Waals surface area contributed by atoms with Crippen molar-refractivity contribution in [1.82, 2.24) is 9.78 Å². The van der Waals surface area contributed by atoms with E-state index in [0.29, 0.717) is 17.7 Å². The lowest BCUT2D eigenvalue weighted by Crippen LogP contribution is -2.30. The highest BCUT2D eigenvalue weighted by atomic mass is 19.3. The maximum absolute atomic E-state index is 14.3. The second kappa shape index (κ2) is 6.12. The van der Waals surface area contributed by atoms with E-state index in [1.54, 1.807) is 31.2 Å². The van der Waals surface area contributed by atoms with Gasteiger partial charge in [0.05, 0.1) is 18.2 Å². The Labute approximate surface area is 141 Å². The largest absolute Gasteiger partial charge is 0.462 e. The fourth-order valence-corrected chi connectivity index (χ4v) is 2.70.